The largest absolute Gasteiger partial charge is 0.394 e. The molecule has 2 aromatic heterocycles. The van der Waals surface area contributed by atoms with Crippen LogP contribution in [0.3, 0.4) is 0 Å². The van der Waals surface area contributed by atoms with Crippen LogP contribution in [0.5, 0.6) is 0 Å². The molecular formula is C11H14BrN5O4. The first kappa shape index (κ1) is 14.6. The summed E-state index contributed by atoms with van der Waals surface area (Å²) >= 11 is 3.32. The SMILES string of the molecule is COC1C(O)[C@@H](CO)O[C@H]1n1c(Br)nc2c(N)ncnc21. The lowest BCUT2D eigenvalue weighted by Crippen LogP contribution is -2.34. The first-order valence-corrected chi connectivity index (χ1v) is 6.98. The number of fused-ring (bicyclic) bond motifs is 1. The Morgan fingerprint density at radius 3 is 2.95 bits per heavy atom. The van der Waals surface area contributed by atoms with Gasteiger partial charge < -0.3 is 25.4 Å². The van der Waals surface area contributed by atoms with Crippen LogP contribution >= 0.6 is 15.9 Å². The first-order valence-electron chi connectivity index (χ1n) is 6.19. The number of nitrogen functional groups attached to an aromatic ring is 1. The fourth-order valence-corrected chi connectivity index (χ4v) is 3.00. The standard InChI is InChI=1S/C11H14BrN5O4/c1-20-7-6(19)4(2-18)21-10(7)17-9-5(16-11(17)12)8(13)14-3-15-9/h3-4,6-7,10,18-19H,2H2,1H3,(H2,13,14,15)/t4-,6?,7?,10-/m1/s1. The van der Waals surface area contributed by atoms with Gasteiger partial charge in [-0.1, -0.05) is 0 Å². The maximum Gasteiger partial charge on any atom is 0.181 e. The monoisotopic (exact) mass is 359 g/mol. The number of hydrogen-bond donors (Lipinski definition) is 3. The average Bonchev–Trinajstić information content (AvgIpc) is 2.96. The van der Waals surface area contributed by atoms with E-state index in [1.54, 1.807) is 4.57 Å². The van der Waals surface area contributed by atoms with Crippen LogP contribution in [0.1, 0.15) is 6.23 Å². The Bertz CT molecular complexity index is 665. The summed E-state index contributed by atoms with van der Waals surface area (Å²) < 4.78 is 13.0. The highest BCUT2D eigenvalue weighted by Crippen LogP contribution is 2.36. The Labute approximate surface area is 127 Å². The molecule has 0 spiro atoms. The lowest BCUT2D eigenvalue weighted by Gasteiger charge is -2.20. The van der Waals surface area contributed by atoms with Gasteiger partial charge >= 0.3 is 0 Å². The van der Waals surface area contributed by atoms with Crippen molar-refractivity contribution in [1.29, 1.82) is 0 Å². The van der Waals surface area contributed by atoms with Crippen molar-refractivity contribution in [1.82, 2.24) is 19.5 Å². The molecule has 2 unspecified atom stereocenters. The number of ether oxygens (including phenoxy) is 2. The topological polar surface area (TPSA) is 129 Å². The highest BCUT2D eigenvalue weighted by molar-refractivity contribution is 9.10. The van der Waals surface area contributed by atoms with Gasteiger partial charge in [0.1, 0.15) is 24.6 Å². The summed E-state index contributed by atoms with van der Waals surface area (Å²) in [5, 5.41) is 19.4. The second-order valence-corrected chi connectivity index (χ2v) is 5.33. The molecule has 10 heteroatoms. The molecule has 1 aliphatic rings. The van der Waals surface area contributed by atoms with Gasteiger partial charge in [-0.05, 0) is 15.9 Å². The van der Waals surface area contributed by atoms with Gasteiger partial charge in [0, 0.05) is 7.11 Å². The highest BCUT2D eigenvalue weighted by Gasteiger charge is 2.46. The fourth-order valence-electron chi connectivity index (χ4n) is 2.46. The number of aliphatic hydroxyl groups excluding tert-OH is 2. The third-order valence-corrected chi connectivity index (χ3v) is 4.04. The molecule has 0 aliphatic carbocycles. The smallest absolute Gasteiger partial charge is 0.181 e. The van der Waals surface area contributed by atoms with Crippen LogP contribution in [-0.4, -0.2) is 61.8 Å². The molecule has 3 rings (SSSR count). The number of imidazole rings is 1. The number of rotatable bonds is 3. The summed E-state index contributed by atoms with van der Waals surface area (Å²) in [5.41, 5.74) is 6.65. The maximum absolute atomic E-state index is 10.1. The van der Waals surface area contributed by atoms with E-state index in [1.165, 1.54) is 13.4 Å². The van der Waals surface area contributed by atoms with Crippen LogP contribution in [0.15, 0.2) is 11.1 Å². The van der Waals surface area contributed by atoms with Gasteiger partial charge in [0.05, 0.1) is 6.61 Å². The van der Waals surface area contributed by atoms with Crippen LogP contribution in [0.2, 0.25) is 0 Å². The molecule has 3 heterocycles. The van der Waals surface area contributed by atoms with E-state index in [2.05, 4.69) is 30.9 Å². The van der Waals surface area contributed by atoms with Crippen molar-refractivity contribution in [2.45, 2.75) is 24.5 Å². The van der Waals surface area contributed by atoms with E-state index in [9.17, 15) is 10.2 Å². The Kier molecular flexibility index (Phi) is 3.80. The molecule has 1 aliphatic heterocycles. The van der Waals surface area contributed by atoms with E-state index in [0.29, 0.717) is 15.9 Å². The number of nitrogens with zero attached hydrogens (tertiary/aromatic N) is 4. The second kappa shape index (κ2) is 5.46. The van der Waals surface area contributed by atoms with Crippen molar-refractivity contribution in [3.63, 3.8) is 0 Å². The van der Waals surface area contributed by atoms with Crippen molar-refractivity contribution < 1.29 is 19.7 Å². The summed E-state index contributed by atoms with van der Waals surface area (Å²) in [4.78, 5) is 12.3. The summed E-state index contributed by atoms with van der Waals surface area (Å²) in [6.45, 7) is -0.321. The minimum absolute atomic E-state index is 0.241. The zero-order valence-corrected chi connectivity index (χ0v) is 12.6. The summed E-state index contributed by atoms with van der Waals surface area (Å²) in [5.74, 6) is 0.241. The van der Waals surface area contributed by atoms with Crippen LogP contribution in [0.4, 0.5) is 5.82 Å². The molecule has 2 aromatic rings. The molecular weight excluding hydrogens is 346 g/mol. The molecule has 9 nitrogen and oxygen atoms in total. The van der Waals surface area contributed by atoms with Crippen LogP contribution in [0.25, 0.3) is 11.2 Å². The van der Waals surface area contributed by atoms with Gasteiger partial charge in [0.15, 0.2) is 27.9 Å². The number of nitrogens with two attached hydrogens (primary N) is 1. The first-order chi connectivity index (χ1) is 10.1. The molecule has 114 valence electrons. The molecule has 4 atom stereocenters. The normalized spacial score (nSPS) is 29.3. The summed E-state index contributed by atoms with van der Waals surface area (Å²) in [6.07, 6.45) is -1.76. The van der Waals surface area contributed by atoms with E-state index in [-0.39, 0.29) is 12.4 Å². The number of hydrogen-bond acceptors (Lipinski definition) is 8. The third kappa shape index (κ3) is 2.19. The van der Waals surface area contributed by atoms with Crippen molar-refractivity contribution in [2.24, 2.45) is 0 Å². The fraction of sp³-hybridized carbons (Fsp3) is 0.545. The number of methoxy groups -OCH3 is 1. The third-order valence-electron chi connectivity index (χ3n) is 3.48. The van der Waals surface area contributed by atoms with Crippen LogP contribution in [-0.2, 0) is 9.47 Å². The van der Waals surface area contributed by atoms with E-state index in [4.69, 9.17) is 15.2 Å². The number of halogens is 1. The minimum Gasteiger partial charge on any atom is -0.394 e. The lowest BCUT2D eigenvalue weighted by atomic mass is 10.1. The molecule has 0 radical (unpaired) electrons. The second-order valence-electron chi connectivity index (χ2n) is 4.62. The number of aliphatic hydroxyl groups is 2. The van der Waals surface area contributed by atoms with Gasteiger partial charge in [-0.25, -0.2) is 15.0 Å². The van der Waals surface area contributed by atoms with Crippen molar-refractivity contribution in [2.75, 3.05) is 19.5 Å². The average molecular weight is 360 g/mol. The van der Waals surface area contributed by atoms with Crippen LogP contribution in [0, 0.1) is 0 Å². The Morgan fingerprint density at radius 1 is 1.52 bits per heavy atom. The lowest BCUT2D eigenvalue weighted by molar-refractivity contribution is -0.0594. The van der Waals surface area contributed by atoms with E-state index in [0.717, 1.165) is 0 Å². The Balaban J connectivity index is 2.12. The summed E-state index contributed by atoms with van der Waals surface area (Å²) in [6, 6.07) is 0. The van der Waals surface area contributed by atoms with E-state index in [1.807, 2.05) is 0 Å². The Morgan fingerprint density at radius 2 is 2.29 bits per heavy atom. The molecule has 0 amide bonds. The van der Waals surface area contributed by atoms with E-state index >= 15 is 0 Å². The van der Waals surface area contributed by atoms with Crippen molar-refractivity contribution in [3.8, 4) is 0 Å². The van der Waals surface area contributed by atoms with Crippen LogP contribution < -0.4 is 5.73 Å². The molecule has 4 N–H and O–H groups in total. The number of aromatic nitrogens is 4. The maximum atomic E-state index is 10.1. The molecule has 0 saturated carbocycles. The zero-order chi connectivity index (χ0) is 15.1. The van der Waals surface area contributed by atoms with Gasteiger partial charge in [0.2, 0.25) is 0 Å². The summed E-state index contributed by atoms with van der Waals surface area (Å²) in [7, 11) is 1.46. The molecule has 0 aromatic carbocycles. The van der Waals surface area contributed by atoms with Gasteiger partial charge in [-0.2, -0.15) is 0 Å². The van der Waals surface area contributed by atoms with Crippen molar-refractivity contribution in [3.05, 3.63) is 11.1 Å². The van der Waals surface area contributed by atoms with E-state index < -0.39 is 24.5 Å². The molecule has 21 heavy (non-hydrogen) atoms. The van der Waals surface area contributed by atoms with Gasteiger partial charge in [-0.3, -0.25) is 4.57 Å². The number of anilines is 1. The van der Waals surface area contributed by atoms with Gasteiger partial charge in [0.25, 0.3) is 0 Å². The molecule has 0 bridgehead atoms. The van der Waals surface area contributed by atoms with Crippen molar-refractivity contribution >= 4 is 32.9 Å². The highest BCUT2D eigenvalue weighted by atomic mass is 79.9. The molecule has 1 saturated heterocycles. The quantitative estimate of drug-likeness (QED) is 0.621. The van der Waals surface area contributed by atoms with Gasteiger partial charge in [-0.15, -0.1) is 0 Å². The minimum atomic E-state index is -0.964. The predicted octanol–water partition coefficient (Wildman–Crippen LogP) is -0.563. The molecule has 1 fully saturated rings. The Hall–Kier alpha value is -1.33. The zero-order valence-electron chi connectivity index (χ0n) is 11.0. The predicted molar refractivity (Wildman–Crippen MR) is 75.2 cm³/mol.